The zero-order valence-corrected chi connectivity index (χ0v) is 19.9. The first-order chi connectivity index (χ1) is 10.8. The van der Waals surface area contributed by atoms with Crippen LogP contribution in [0.15, 0.2) is 47.1 Å². The summed E-state index contributed by atoms with van der Waals surface area (Å²) in [6, 6.07) is 11.1. The summed E-state index contributed by atoms with van der Waals surface area (Å²) in [6.07, 6.45) is 5.71. The van der Waals surface area contributed by atoms with Gasteiger partial charge in [-0.1, -0.05) is 65.9 Å². The number of hydrogen-bond acceptors (Lipinski definition) is 0. The first kappa shape index (κ1) is 21.2. The van der Waals surface area contributed by atoms with Crippen LogP contribution >= 0.6 is 0 Å². The van der Waals surface area contributed by atoms with E-state index >= 15 is 0 Å². The third-order valence-electron chi connectivity index (χ3n) is 5.29. The minimum absolute atomic E-state index is 0. The molecule has 1 aliphatic rings. The van der Waals surface area contributed by atoms with Crippen molar-refractivity contribution in [3.8, 4) is 0 Å². The summed E-state index contributed by atoms with van der Waals surface area (Å²) in [5.74, 6) is 0. The van der Waals surface area contributed by atoms with Gasteiger partial charge in [-0.3, -0.25) is 6.08 Å². The average molecular weight is 485 g/mol. The van der Waals surface area contributed by atoms with Crippen LogP contribution in [0.3, 0.4) is 0 Å². The SMILES string of the molecule is CC1=[C-]C(C)(C)C(C)=C1C.CCc1c[c-](CC)c2ccccc12.[Hf]. The third-order valence-corrected chi connectivity index (χ3v) is 5.29. The van der Waals surface area contributed by atoms with Crippen LogP contribution in [0.1, 0.15) is 59.6 Å². The first-order valence-electron chi connectivity index (χ1n) is 8.78. The van der Waals surface area contributed by atoms with Gasteiger partial charge in [0.25, 0.3) is 0 Å². The van der Waals surface area contributed by atoms with Crippen LogP contribution < -0.4 is 0 Å². The Morgan fingerprint density at radius 3 is 2.08 bits per heavy atom. The predicted molar refractivity (Wildman–Crippen MR) is 103 cm³/mol. The van der Waals surface area contributed by atoms with Crippen molar-refractivity contribution in [3.63, 3.8) is 0 Å². The van der Waals surface area contributed by atoms with Crippen LogP contribution in [0.5, 0.6) is 0 Å². The van der Waals surface area contributed by atoms with E-state index in [0.717, 1.165) is 12.8 Å². The summed E-state index contributed by atoms with van der Waals surface area (Å²) in [5, 5.41) is 2.89. The van der Waals surface area contributed by atoms with Crippen LogP contribution in [0.25, 0.3) is 10.8 Å². The van der Waals surface area contributed by atoms with Crippen molar-refractivity contribution in [2.75, 3.05) is 0 Å². The quantitative estimate of drug-likeness (QED) is 0.325. The Balaban J connectivity index is 0.000000238. The molecule has 24 heavy (non-hydrogen) atoms. The molecule has 0 amide bonds. The molecule has 1 aliphatic carbocycles. The second kappa shape index (κ2) is 8.52. The number of hydrogen-bond donors (Lipinski definition) is 0. The maximum atomic E-state index is 3.44. The van der Waals surface area contributed by atoms with Crippen molar-refractivity contribution >= 4 is 10.8 Å². The van der Waals surface area contributed by atoms with Crippen LogP contribution in [0.4, 0.5) is 0 Å². The van der Waals surface area contributed by atoms with Crippen molar-refractivity contribution in [2.24, 2.45) is 5.41 Å². The van der Waals surface area contributed by atoms with Gasteiger partial charge in [-0.05, 0) is 0 Å². The molecule has 3 rings (SSSR count). The topological polar surface area (TPSA) is 0 Å². The fraction of sp³-hybridized carbons (Fsp3) is 0.435. The van der Waals surface area contributed by atoms with Crippen molar-refractivity contribution in [1.29, 1.82) is 0 Å². The number of fused-ring (bicyclic) bond motifs is 1. The summed E-state index contributed by atoms with van der Waals surface area (Å²) in [5.41, 5.74) is 7.38. The van der Waals surface area contributed by atoms with Gasteiger partial charge in [0.05, 0.1) is 0 Å². The number of allylic oxidation sites excluding steroid dienone is 4. The van der Waals surface area contributed by atoms with Crippen LogP contribution in [0, 0.1) is 11.5 Å². The van der Waals surface area contributed by atoms with E-state index in [0.29, 0.717) is 0 Å². The van der Waals surface area contributed by atoms with Crippen molar-refractivity contribution < 1.29 is 25.8 Å². The summed E-state index contributed by atoms with van der Waals surface area (Å²) in [7, 11) is 0. The molecule has 0 radical (unpaired) electrons. The normalized spacial score (nSPS) is 15.7. The van der Waals surface area contributed by atoms with E-state index in [4.69, 9.17) is 0 Å². The van der Waals surface area contributed by atoms with Gasteiger partial charge in [0, 0.05) is 25.8 Å². The Hall–Kier alpha value is -0.820. The second-order valence-electron chi connectivity index (χ2n) is 7.07. The molecule has 2 aromatic carbocycles. The molecule has 0 spiro atoms. The van der Waals surface area contributed by atoms with E-state index in [1.807, 2.05) is 0 Å². The maximum Gasteiger partial charge on any atom is 0 e. The molecular weight excluding hydrogens is 455 g/mol. The first-order valence-corrected chi connectivity index (χ1v) is 8.78. The minimum Gasteiger partial charge on any atom is -0.263 e. The molecule has 0 saturated carbocycles. The Morgan fingerprint density at radius 2 is 1.67 bits per heavy atom. The van der Waals surface area contributed by atoms with E-state index in [2.05, 4.69) is 84.9 Å². The van der Waals surface area contributed by atoms with Crippen LogP contribution in [0.2, 0.25) is 0 Å². The molecule has 128 valence electrons. The molecule has 0 bridgehead atoms. The molecule has 0 unspecified atom stereocenters. The van der Waals surface area contributed by atoms with Crippen molar-refractivity contribution in [1.82, 2.24) is 0 Å². The monoisotopic (exact) mass is 486 g/mol. The molecule has 2 aromatic rings. The summed E-state index contributed by atoms with van der Waals surface area (Å²) in [4.78, 5) is 0. The Morgan fingerprint density at radius 1 is 1.04 bits per heavy atom. The molecule has 0 aliphatic heterocycles. The second-order valence-corrected chi connectivity index (χ2v) is 7.07. The average Bonchev–Trinajstić information content (AvgIpc) is 2.99. The fourth-order valence-electron chi connectivity index (χ4n) is 3.40. The third kappa shape index (κ3) is 4.23. The van der Waals surface area contributed by atoms with Crippen molar-refractivity contribution in [2.45, 2.75) is 61.3 Å². The van der Waals surface area contributed by atoms with E-state index in [9.17, 15) is 0 Å². The summed E-state index contributed by atoms with van der Waals surface area (Å²) >= 11 is 0. The van der Waals surface area contributed by atoms with Gasteiger partial charge < -0.3 is 0 Å². The standard InChI is InChI=1S/C13H15.C10H15.Hf/c1-3-10-9-11(4-2)13-8-6-5-7-12(10)13;1-7-6-10(4,5)9(3)8(7)2;/h5-9H,3-4H2,1-2H3;1-5H3;/q2*-1;. The van der Waals surface area contributed by atoms with E-state index in [1.54, 1.807) is 0 Å². The largest absolute Gasteiger partial charge is 0.263 e. The van der Waals surface area contributed by atoms with Gasteiger partial charge in [-0.25, -0.2) is 5.57 Å². The van der Waals surface area contributed by atoms with Gasteiger partial charge in [0.2, 0.25) is 0 Å². The van der Waals surface area contributed by atoms with E-state index in [-0.39, 0.29) is 31.3 Å². The molecule has 0 atom stereocenters. The van der Waals surface area contributed by atoms with Gasteiger partial charge >= 0.3 is 0 Å². The molecule has 0 heterocycles. The number of rotatable bonds is 2. The molecule has 0 nitrogen and oxygen atoms in total. The zero-order valence-electron chi connectivity index (χ0n) is 16.3. The van der Waals surface area contributed by atoms with Crippen molar-refractivity contribution in [3.05, 3.63) is 64.3 Å². The van der Waals surface area contributed by atoms with Crippen LogP contribution in [-0.2, 0) is 38.7 Å². The Bertz CT molecular complexity index is 715. The number of aryl methyl sites for hydroxylation is 2. The molecule has 0 fully saturated rings. The van der Waals surface area contributed by atoms with E-state index in [1.165, 1.54) is 38.6 Å². The van der Waals surface area contributed by atoms with Gasteiger partial charge in [0.1, 0.15) is 0 Å². The molecule has 0 aromatic heterocycles. The van der Waals surface area contributed by atoms with Gasteiger partial charge in [-0.2, -0.15) is 16.7 Å². The number of benzene rings is 1. The van der Waals surface area contributed by atoms with Gasteiger partial charge in [-0.15, -0.1) is 47.5 Å². The van der Waals surface area contributed by atoms with Crippen LogP contribution in [-0.4, -0.2) is 0 Å². The minimum atomic E-state index is 0. The summed E-state index contributed by atoms with van der Waals surface area (Å²) < 4.78 is 0. The molecule has 0 N–H and O–H groups in total. The Kier molecular flexibility index (Phi) is 7.53. The predicted octanol–water partition coefficient (Wildman–Crippen LogP) is 6.79. The molecule has 0 saturated heterocycles. The molecular formula is C23H30Hf-2. The maximum absolute atomic E-state index is 3.44. The van der Waals surface area contributed by atoms with E-state index < -0.39 is 0 Å². The summed E-state index contributed by atoms with van der Waals surface area (Å²) in [6.45, 7) is 15.4. The fourth-order valence-corrected chi connectivity index (χ4v) is 3.40. The Labute approximate surface area is 167 Å². The van der Waals surface area contributed by atoms with Gasteiger partial charge in [0.15, 0.2) is 0 Å². The smallest absolute Gasteiger partial charge is 0 e. The molecule has 1 heteroatoms. The zero-order chi connectivity index (χ0) is 17.2.